The minimum Gasteiger partial charge on any atom is -0.493 e. The van der Waals surface area contributed by atoms with E-state index in [1.807, 2.05) is 18.2 Å². The van der Waals surface area contributed by atoms with Crippen LogP contribution in [0.1, 0.15) is 18.1 Å². The molecule has 0 N–H and O–H groups in total. The first kappa shape index (κ1) is 10.7. The van der Waals surface area contributed by atoms with E-state index < -0.39 is 0 Å². The Balaban J connectivity index is 2.16. The first-order valence-corrected chi connectivity index (χ1v) is 5.41. The topological polar surface area (TPSA) is 35.5 Å². The minimum absolute atomic E-state index is 0.306. The molecular formula is C13H14O3. The normalized spacial score (nSPS) is 13.6. The van der Waals surface area contributed by atoms with E-state index in [1.54, 1.807) is 13.0 Å². The third kappa shape index (κ3) is 2.24. The van der Waals surface area contributed by atoms with Crippen LogP contribution in [0.3, 0.4) is 0 Å². The Kier molecular flexibility index (Phi) is 3.25. The molecule has 3 nitrogen and oxygen atoms in total. The van der Waals surface area contributed by atoms with Crippen molar-refractivity contribution in [2.45, 2.75) is 13.3 Å². The van der Waals surface area contributed by atoms with E-state index in [4.69, 9.17) is 9.47 Å². The van der Waals surface area contributed by atoms with Gasteiger partial charge in [-0.15, -0.1) is 0 Å². The summed E-state index contributed by atoms with van der Waals surface area (Å²) in [5, 5.41) is 0. The van der Waals surface area contributed by atoms with Crippen LogP contribution in [-0.2, 0) is 16.0 Å². The third-order valence-electron chi connectivity index (χ3n) is 2.46. The zero-order valence-electron chi connectivity index (χ0n) is 9.23. The number of hydrogen-bond donors (Lipinski definition) is 0. The molecule has 0 unspecified atom stereocenters. The van der Waals surface area contributed by atoms with Gasteiger partial charge in [-0.05, 0) is 24.6 Å². The molecule has 0 aromatic heterocycles. The standard InChI is InChI=1S/C13H14O3/c1-2-15-13(14)7-6-10-4-3-5-12-11(10)8-9-16-12/h3-7H,2,8-9H2,1H3/b7-6+. The molecule has 2 rings (SSSR count). The average molecular weight is 218 g/mol. The van der Waals surface area contributed by atoms with Crippen molar-refractivity contribution in [1.82, 2.24) is 0 Å². The highest BCUT2D eigenvalue weighted by Gasteiger charge is 2.13. The molecule has 1 aliphatic heterocycles. The number of hydrogen-bond acceptors (Lipinski definition) is 3. The number of carbonyl (C=O) groups excluding carboxylic acids is 1. The highest BCUT2D eigenvalue weighted by Crippen LogP contribution is 2.28. The lowest BCUT2D eigenvalue weighted by atomic mass is 10.0. The van der Waals surface area contributed by atoms with Gasteiger partial charge in [0.05, 0.1) is 13.2 Å². The maximum Gasteiger partial charge on any atom is 0.330 e. The minimum atomic E-state index is -0.306. The van der Waals surface area contributed by atoms with Crippen LogP contribution in [0.4, 0.5) is 0 Å². The molecule has 0 atom stereocenters. The van der Waals surface area contributed by atoms with E-state index >= 15 is 0 Å². The molecule has 0 amide bonds. The molecule has 0 aliphatic carbocycles. The van der Waals surface area contributed by atoms with Crippen LogP contribution in [0.15, 0.2) is 24.3 Å². The molecule has 0 saturated carbocycles. The quantitative estimate of drug-likeness (QED) is 0.576. The molecule has 1 aliphatic rings. The van der Waals surface area contributed by atoms with Gasteiger partial charge in [-0.25, -0.2) is 4.79 Å². The lowest BCUT2D eigenvalue weighted by Crippen LogP contribution is -1.98. The summed E-state index contributed by atoms with van der Waals surface area (Å²) in [7, 11) is 0. The van der Waals surface area contributed by atoms with Gasteiger partial charge in [0.1, 0.15) is 5.75 Å². The molecule has 0 bridgehead atoms. The summed E-state index contributed by atoms with van der Waals surface area (Å²) < 4.78 is 10.3. The summed E-state index contributed by atoms with van der Waals surface area (Å²) in [6, 6.07) is 5.85. The van der Waals surface area contributed by atoms with Crippen LogP contribution in [0, 0.1) is 0 Å². The van der Waals surface area contributed by atoms with Gasteiger partial charge in [-0.3, -0.25) is 0 Å². The molecule has 16 heavy (non-hydrogen) atoms. The van der Waals surface area contributed by atoms with Gasteiger partial charge < -0.3 is 9.47 Å². The molecule has 0 spiro atoms. The van der Waals surface area contributed by atoms with E-state index in [1.165, 1.54) is 11.6 Å². The molecule has 0 radical (unpaired) electrons. The number of fused-ring (bicyclic) bond motifs is 1. The monoisotopic (exact) mass is 218 g/mol. The summed E-state index contributed by atoms with van der Waals surface area (Å²) in [5.74, 6) is 0.616. The molecule has 1 aromatic carbocycles. The second-order valence-electron chi connectivity index (χ2n) is 3.51. The fourth-order valence-electron chi connectivity index (χ4n) is 1.75. The van der Waals surface area contributed by atoms with Crippen molar-refractivity contribution in [3.8, 4) is 5.75 Å². The van der Waals surface area contributed by atoms with Crippen LogP contribution >= 0.6 is 0 Å². The Morgan fingerprint density at radius 3 is 3.25 bits per heavy atom. The van der Waals surface area contributed by atoms with Crippen molar-refractivity contribution in [1.29, 1.82) is 0 Å². The molecule has 84 valence electrons. The number of esters is 1. The zero-order valence-corrected chi connectivity index (χ0v) is 9.23. The highest BCUT2D eigenvalue weighted by atomic mass is 16.5. The SMILES string of the molecule is CCOC(=O)/C=C/c1cccc2c1CCO2. The lowest BCUT2D eigenvalue weighted by molar-refractivity contribution is -0.137. The third-order valence-corrected chi connectivity index (χ3v) is 2.46. The van der Waals surface area contributed by atoms with Gasteiger partial charge >= 0.3 is 5.97 Å². The van der Waals surface area contributed by atoms with Gasteiger partial charge in [-0.1, -0.05) is 12.1 Å². The second kappa shape index (κ2) is 4.84. The van der Waals surface area contributed by atoms with Gasteiger partial charge in [0.2, 0.25) is 0 Å². The van der Waals surface area contributed by atoms with E-state index in [-0.39, 0.29) is 5.97 Å². The number of ether oxygens (including phenoxy) is 2. The van der Waals surface area contributed by atoms with E-state index in [0.29, 0.717) is 6.61 Å². The Labute approximate surface area is 94.7 Å². The van der Waals surface area contributed by atoms with Crippen molar-refractivity contribution in [3.63, 3.8) is 0 Å². The maximum atomic E-state index is 11.2. The first-order chi connectivity index (χ1) is 7.81. The molecule has 0 saturated heterocycles. The van der Waals surface area contributed by atoms with Crippen molar-refractivity contribution in [2.75, 3.05) is 13.2 Å². The Bertz CT molecular complexity index is 421. The van der Waals surface area contributed by atoms with Crippen LogP contribution < -0.4 is 4.74 Å². The predicted octanol–water partition coefficient (Wildman–Crippen LogP) is 2.20. The summed E-state index contributed by atoms with van der Waals surface area (Å²) in [6.07, 6.45) is 4.14. The zero-order chi connectivity index (χ0) is 11.4. The largest absolute Gasteiger partial charge is 0.493 e. The molecule has 1 aromatic rings. The fourth-order valence-corrected chi connectivity index (χ4v) is 1.75. The van der Waals surface area contributed by atoms with Crippen molar-refractivity contribution in [2.24, 2.45) is 0 Å². The van der Waals surface area contributed by atoms with Gasteiger partial charge in [-0.2, -0.15) is 0 Å². The Morgan fingerprint density at radius 1 is 1.56 bits per heavy atom. The average Bonchev–Trinajstić information content (AvgIpc) is 2.75. The van der Waals surface area contributed by atoms with E-state index in [2.05, 4.69) is 0 Å². The van der Waals surface area contributed by atoms with Crippen LogP contribution in [0.25, 0.3) is 6.08 Å². The fraction of sp³-hybridized carbons (Fsp3) is 0.308. The summed E-state index contributed by atoms with van der Waals surface area (Å²) >= 11 is 0. The smallest absolute Gasteiger partial charge is 0.330 e. The number of carbonyl (C=O) groups is 1. The summed E-state index contributed by atoms with van der Waals surface area (Å²) in [5.41, 5.74) is 2.20. The predicted molar refractivity (Wildman–Crippen MR) is 61.3 cm³/mol. The van der Waals surface area contributed by atoms with Crippen molar-refractivity contribution < 1.29 is 14.3 Å². The Hall–Kier alpha value is -1.77. The summed E-state index contributed by atoms with van der Waals surface area (Å²) in [4.78, 5) is 11.2. The first-order valence-electron chi connectivity index (χ1n) is 5.41. The lowest BCUT2D eigenvalue weighted by Gasteiger charge is -2.01. The van der Waals surface area contributed by atoms with Gasteiger partial charge in [0.25, 0.3) is 0 Å². The van der Waals surface area contributed by atoms with E-state index in [9.17, 15) is 4.79 Å². The highest BCUT2D eigenvalue weighted by molar-refractivity contribution is 5.87. The molecular weight excluding hydrogens is 204 g/mol. The van der Waals surface area contributed by atoms with Gasteiger partial charge in [0, 0.05) is 18.1 Å². The van der Waals surface area contributed by atoms with E-state index in [0.717, 1.165) is 24.3 Å². The van der Waals surface area contributed by atoms with Gasteiger partial charge in [0.15, 0.2) is 0 Å². The van der Waals surface area contributed by atoms with Crippen LogP contribution in [-0.4, -0.2) is 19.2 Å². The number of benzene rings is 1. The second-order valence-corrected chi connectivity index (χ2v) is 3.51. The molecule has 3 heteroatoms. The number of rotatable bonds is 3. The Morgan fingerprint density at radius 2 is 2.44 bits per heavy atom. The van der Waals surface area contributed by atoms with Crippen molar-refractivity contribution >= 4 is 12.0 Å². The van der Waals surface area contributed by atoms with Crippen molar-refractivity contribution in [3.05, 3.63) is 35.4 Å². The van der Waals surface area contributed by atoms with Crippen LogP contribution in [0.2, 0.25) is 0 Å². The van der Waals surface area contributed by atoms with Crippen LogP contribution in [0.5, 0.6) is 5.75 Å². The summed E-state index contributed by atoms with van der Waals surface area (Å²) in [6.45, 7) is 2.92. The maximum absolute atomic E-state index is 11.2. The molecule has 0 fully saturated rings. The molecule has 1 heterocycles.